The number of benzene rings is 2. The number of aromatic nitrogens is 2. The molecule has 34 heavy (non-hydrogen) atoms. The Morgan fingerprint density at radius 1 is 1.15 bits per heavy atom. The Morgan fingerprint density at radius 3 is 2.65 bits per heavy atom. The molecule has 1 aromatic heterocycles. The second kappa shape index (κ2) is 11.1. The first-order valence-corrected chi connectivity index (χ1v) is 12.3. The lowest BCUT2D eigenvalue weighted by molar-refractivity contribution is -0.118. The Hall–Kier alpha value is -3.52. The van der Waals surface area contributed by atoms with Crippen molar-refractivity contribution in [3.05, 3.63) is 81.8 Å². The molecular formula is C26H27N3O4S. The number of carbonyl (C=O) groups is 1. The zero-order valence-electron chi connectivity index (χ0n) is 19.2. The quantitative estimate of drug-likeness (QED) is 0.386. The van der Waals surface area contributed by atoms with E-state index >= 15 is 0 Å². The van der Waals surface area contributed by atoms with Crippen LogP contribution in [0.25, 0.3) is 6.08 Å². The molecule has 0 saturated heterocycles. The van der Waals surface area contributed by atoms with Gasteiger partial charge in [0.25, 0.3) is 5.56 Å². The van der Waals surface area contributed by atoms with E-state index < -0.39 is 0 Å². The van der Waals surface area contributed by atoms with Gasteiger partial charge in [-0.1, -0.05) is 54.2 Å². The summed E-state index contributed by atoms with van der Waals surface area (Å²) in [6.45, 7) is 3.16. The fourth-order valence-electron chi connectivity index (χ4n) is 3.75. The van der Waals surface area contributed by atoms with Crippen molar-refractivity contribution in [2.45, 2.75) is 24.9 Å². The Labute approximate surface area is 202 Å². The van der Waals surface area contributed by atoms with Gasteiger partial charge >= 0.3 is 0 Å². The van der Waals surface area contributed by atoms with Crippen LogP contribution in [0, 0.1) is 6.92 Å². The number of anilines is 1. The third-order valence-corrected chi connectivity index (χ3v) is 6.10. The van der Waals surface area contributed by atoms with Crippen molar-refractivity contribution >= 4 is 29.4 Å². The van der Waals surface area contributed by atoms with E-state index in [-0.39, 0.29) is 17.9 Å². The third-order valence-electron chi connectivity index (χ3n) is 5.52. The van der Waals surface area contributed by atoms with E-state index in [1.165, 1.54) is 11.8 Å². The molecule has 2 heterocycles. The molecule has 3 aromatic rings. The summed E-state index contributed by atoms with van der Waals surface area (Å²) in [5.74, 6) is 1.20. The van der Waals surface area contributed by atoms with Crippen molar-refractivity contribution in [2.75, 3.05) is 30.9 Å². The molecule has 176 valence electrons. The standard InChI is InChI=1S/C26H27N3O4S/c1-18-21(25(31)28-26(27-18)34-2)11-13-24(30)29(14-6-9-19-7-4-3-5-8-19)20-10-12-22-23(17-20)33-16-15-32-22/h3-10,12,17H,11,13-16H2,1-2H3,(H,27,28,31)/b9-6+. The van der Waals surface area contributed by atoms with Gasteiger partial charge in [0.2, 0.25) is 5.91 Å². The number of thioether (sulfide) groups is 1. The van der Waals surface area contributed by atoms with E-state index in [0.717, 1.165) is 5.56 Å². The number of rotatable bonds is 8. The number of hydrogen-bond acceptors (Lipinski definition) is 6. The average molecular weight is 478 g/mol. The van der Waals surface area contributed by atoms with Gasteiger partial charge in [-0.05, 0) is 37.3 Å². The highest BCUT2D eigenvalue weighted by atomic mass is 32.2. The Bertz CT molecular complexity index is 1240. The molecular weight excluding hydrogens is 450 g/mol. The lowest BCUT2D eigenvalue weighted by Gasteiger charge is -2.24. The van der Waals surface area contributed by atoms with Crippen LogP contribution in [0.4, 0.5) is 5.69 Å². The summed E-state index contributed by atoms with van der Waals surface area (Å²) >= 11 is 1.38. The minimum atomic E-state index is -0.195. The van der Waals surface area contributed by atoms with Crippen LogP contribution in [0.2, 0.25) is 0 Å². The highest BCUT2D eigenvalue weighted by Gasteiger charge is 2.20. The van der Waals surface area contributed by atoms with E-state index in [4.69, 9.17) is 9.47 Å². The summed E-state index contributed by atoms with van der Waals surface area (Å²) in [6, 6.07) is 15.4. The second-order valence-corrected chi connectivity index (χ2v) is 8.58. The normalized spacial score (nSPS) is 12.6. The minimum absolute atomic E-state index is 0.0952. The fourth-order valence-corrected chi connectivity index (χ4v) is 4.18. The Kier molecular flexibility index (Phi) is 7.69. The Balaban J connectivity index is 1.55. The van der Waals surface area contributed by atoms with Crippen molar-refractivity contribution < 1.29 is 14.3 Å². The fraction of sp³-hybridized carbons (Fsp3) is 0.269. The highest BCUT2D eigenvalue weighted by Crippen LogP contribution is 2.34. The molecule has 0 bridgehead atoms. The van der Waals surface area contributed by atoms with E-state index in [1.54, 1.807) is 11.8 Å². The van der Waals surface area contributed by atoms with Gasteiger partial charge in [-0.25, -0.2) is 4.98 Å². The third kappa shape index (κ3) is 5.69. The lowest BCUT2D eigenvalue weighted by atomic mass is 10.1. The van der Waals surface area contributed by atoms with E-state index in [0.29, 0.717) is 59.8 Å². The van der Waals surface area contributed by atoms with Gasteiger partial charge in [-0.15, -0.1) is 0 Å². The summed E-state index contributed by atoms with van der Waals surface area (Å²) < 4.78 is 11.3. The maximum atomic E-state index is 13.4. The van der Waals surface area contributed by atoms with Crippen molar-refractivity contribution in [3.8, 4) is 11.5 Å². The smallest absolute Gasteiger partial charge is 0.254 e. The SMILES string of the molecule is CSc1nc(C)c(CCC(=O)N(C/C=C/c2ccccc2)c2ccc3c(c2)OCCO3)c(=O)[nH]1. The van der Waals surface area contributed by atoms with Gasteiger partial charge in [0.15, 0.2) is 16.7 Å². The van der Waals surface area contributed by atoms with Crippen LogP contribution in [-0.4, -0.2) is 41.9 Å². The highest BCUT2D eigenvalue weighted by molar-refractivity contribution is 7.98. The number of nitrogens with one attached hydrogen (secondary N) is 1. The number of amides is 1. The van der Waals surface area contributed by atoms with Crippen LogP contribution >= 0.6 is 11.8 Å². The van der Waals surface area contributed by atoms with Crippen molar-refractivity contribution in [3.63, 3.8) is 0 Å². The van der Waals surface area contributed by atoms with Crippen LogP contribution in [0.5, 0.6) is 11.5 Å². The zero-order valence-corrected chi connectivity index (χ0v) is 20.1. The summed E-state index contributed by atoms with van der Waals surface area (Å²) in [4.78, 5) is 34.7. The number of aromatic amines is 1. The summed E-state index contributed by atoms with van der Waals surface area (Å²) in [6.07, 6.45) is 6.28. The molecule has 1 aliphatic rings. The molecule has 2 aromatic carbocycles. The number of aryl methyl sites for hydroxylation is 1. The van der Waals surface area contributed by atoms with Gasteiger partial charge in [0.05, 0.1) is 0 Å². The average Bonchev–Trinajstić information content (AvgIpc) is 2.86. The van der Waals surface area contributed by atoms with Crippen LogP contribution < -0.4 is 19.9 Å². The van der Waals surface area contributed by atoms with E-state index in [1.807, 2.05) is 66.9 Å². The molecule has 0 unspecified atom stereocenters. The van der Waals surface area contributed by atoms with Crippen LogP contribution in [0.3, 0.4) is 0 Å². The number of nitrogens with zero attached hydrogens (tertiary/aromatic N) is 2. The molecule has 1 N–H and O–H groups in total. The molecule has 0 radical (unpaired) electrons. The molecule has 1 aliphatic heterocycles. The topological polar surface area (TPSA) is 84.5 Å². The van der Waals surface area contributed by atoms with Crippen molar-refractivity contribution in [1.29, 1.82) is 0 Å². The molecule has 8 heteroatoms. The number of carbonyl (C=O) groups excluding carboxylic acids is 1. The van der Waals surface area contributed by atoms with Gasteiger partial charge < -0.3 is 19.4 Å². The van der Waals surface area contributed by atoms with Gasteiger partial charge in [0, 0.05) is 36.0 Å². The first kappa shape index (κ1) is 23.6. The molecule has 0 fully saturated rings. The van der Waals surface area contributed by atoms with Crippen molar-refractivity contribution in [1.82, 2.24) is 9.97 Å². The van der Waals surface area contributed by atoms with Crippen molar-refractivity contribution in [2.24, 2.45) is 0 Å². The van der Waals surface area contributed by atoms with Gasteiger partial charge in [0.1, 0.15) is 13.2 Å². The first-order valence-electron chi connectivity index (χ1n) is 11.1. The maximum absolute atomic E-state index is 13.4. The summed E-state index contributed by atoms with van der Waals surface area (Å²) in [5.41, 5.74) is 2.76. The summed E-state index contributed by atoms with van der Waals surface area (Å²) in [5, 5.41) is 0.571. The lowest BCUT2D eigenvalue weighted by Crippen LogP contribution is -2.32. The number of H-pyrrole nitrogens is 1. The molecule has 4 rings (SSSR count). The molecule has 1 amide bonds. The second-order valence-electron chi connectivity index (χ2n) is 7.78. The number of fused-ring (bicyclic) bond motifs is 1. The predicted molar refractivity (Wildman–Crippen MR) is 135 cm³/mol. The van der Waals surface area contributed by atoms with E-state index in [9.17, 15) is 9.59 Å². The zero-order chi connectivity index (χ0) is 23.9. The van der Waals surface area contributed by atoms with Crippen LogP contribution in [0.1, 0.15) is 23.2 Å². The van der Waals surface area contributed by atoms with Crippen LogP contribution in [0.15, 0.2) is 64.6 Å². The maximum Gasteiger partial charge on any atom is 0.254 e. The van der Waals surface area contributed by atoms with Gasteiger partial charge in [-0.3, -0.25) is 9.59 Å². The van der Waals surface area contributed by atoms with E-state index in [2.05, 4.69) is 9.97 Å². The number of hydrogen-bond donors (Lipinski definition) is 1. The van der Waals surface area contributed by atoms with Gasteiger partial charge in [-0.2, -0.15) is 0 Å². The number of ether oxygens (including phenoxy) is 2. The molecule has 0 aliphatic carbocycles. The molecule has 0 saturated carbocycles. The largest absolute Gasteiger partial charge is 0.486 e. The monoisotopic (exact) mass is 477 g/mol. The molecule has 0 atom stereocenters. The Morgan fingerprint density at radius 2 is 1.91 bits per heavy atom. The predicted octanol–water partition coefficient (Wildman–Crippen LogP) is 4.25. The molecule has 0 spiro atoms. The van der Waals surface area contributed by atoms with Crippen LogP contribution in [-0.2, 0) is 11.2 Å². The minimum Gasteiger partial charge on any atom is -0.486 e. The summed E-state index contributed by atoms with van der Waals surface area (Å²) in [7, 11) is 0. The first-order chi connectivity index (χ1) is 16.5. The molecule has 7 nitrogen and oxygen atoms in total.